The van der Waals surface area contributed by atoms with Crippen LogP contribution in [0, 0.1) is 29.1 Å². The highest BCUT2D eigenvalue weighted by Crippen LogP contribution is 2.95. The summed E-state index contributed by atoms with van der Waals surface area (Å²) in [5.74, 6) is 3.39. The summed E-state index contributed by atoms with van der Waals surface area (Å²) in [6.07, 6.45) is 4.23. The normalized spacial score (nSPS) is 21.6. The first-order valence-electron chi connectivity index (χ1n) is 30.5. The largest absolute Gasteiger partial charge is 0.309 e. The summed E-state index contributed by atoms with van der Waals surface area (Å²) in [4.78, 5) is 2.63. The lowest BCUT2D eigenvalue weighted by Gasteiger charge is -2.92. The van der Waals surface area contributed by atoms with Crippen LogP contribution in [0.2, 0.25) is 0 Å². The lowest BCUT2D eigenvalue weighted by Crippen LogP contribution is -2.88. The van der Waals surface area contributed by atoms with Crippen molar-refractivity contribution in [2.45, 2.75) is 77.0 Å². The highest BCUT2D eigenvalue weighted by molar-refractivity contribution is 6.16. The van der Waals surface area contributed by atoms with Crippen molar-refractivity contribution in [3.05, 3.63) is 265 Å². The van der Waals surface area contributed by atoms with Crippen LogP contribution in [-0.2, 0) is 16.2 Å². The molecule has 4 atom stereocenters. The molecule has 2 heteroatoms. The Kier molecular flexibility index (Phi) is 10.3. The molecule has 4 fully saturated rings. The summed E-state index contributed by atoms with van der Waals surface area (Å²) >= 11 is 0. The summed E-state index contributed by atoms with van der Waals surface area (Å²) in [5.41, 5.74) is 26.1. The van der Waals surface area contributed by atoms with E-state index in [4.69, 9.17) is 0 Å². The SMILES string of the molecule is CC(C)(C)c1cc(-c2cccc3cccc(-c4ccccc4N(c4ccccc4-c4ccc5c(c4)C4(c6ccccc6-5)C5CC6CC7CC4C675)c4ccccc4-c4cccc5c6ccccc6n(-c6ccccc6)c45)c23)cc(C(C)(C)C)c1. The molecule has 11 aromatic carbocycles. The maximum absolute atomic E-state index is 2.67. The number of rotatable bonds is 8. The van der Waals surface area contributed by atoms with Gasteiger partial charge in [-0.1, -0.05) is 242 Å². The van der Waals surface area contributed by atoms with Gasteiger partial charge in [-0.15, -0.1) is 0 Å². The van der Waals surface area contributed by atoms with Crippen LogP contribution in [0.25, 0.3) is 93.9 Å². The van der Waals surface area contributed by atoms with Crippen molar-refractivity contribution in [2.75, 3.05) is 4.90 Å². The van der Waals surface area contributed by atoms with Crippen molar-refractivity contribution in [3.8, 4) is 61.3 Å². The summed E-state index contributed by atoms with van der Waals surface area (Å²) in [6.45, 7) is 14.1. The number of hydrogen-bond donors (Lipinski definition) is 0. The van der Waals surface area contributed by atoms with Gasteiger partial charge in [-0.05, 0) is 168 Å². The average molecular weight is 1070 g/mol. The lowest BCUT2D eigenvalue weighted by atomic mass is 9.11. The Balaban J connectivity index is 0.922. The van der Waals surface area contributed by atoms with Crippen molar-refractivity contribution >= 4 is 49.6 Å². The van der Waals surface area contributed by atoms with Crippen LogP contribution in [0.4, 0.5) is 17.1 Å². The van der Waals surface area contributed by atoms with E-state index in [-0.39, 0.29) is 16.2 Å². The molecule has 83 heavy (non-hydrogen) atoms. The highest BCUT2D eigenvalue weighted by atomic mass is 15.2. The third-order valence-electron chi connectivity index (χ3n) is 21.4. The zero-order chi connectivity index (χ0) is 55.7. The van der Waals surface area contributed by atoms with Gasteiger partial charge in [0.25, 0.3) is 0 Å². The molecule has 12 aromatic rings. The fourth-order valence-corrected chi connectivity index (χ4v) is 17.8. The third-order valence-corrected chi connectivity index (χ3v) is 21.4. The van der Waals surface area contributed by atoms with Gasteiger partial charge in [0.15, 0.2) is 0 Å². The standard InChI is InChI=1S/C81H68N2/c1-78(2,3)53-43-52(44-54(46-53)79(4,5)6)59-32-20-23-50-24-21-33-65(76(50)59)62-29-12-18-39-72(62)83(73-40-19-14-31-64(73)67-35-22-34-66-63-30-13-17-38-71(63)82(77(66)67)57-25-8-7-9-26-57)70-37-16-11-27-58(70)51-41-42-61-60-28-10-15-36-68(60)81(69(61)45-51)74-48-55-47-56-49-75(81)80(55,56)74/h7-46,55-56,74-75H,47-49H2,1-6H3. The van der Waals surface area contributed by atoms with E-state index in [2.05, 4.69) is 294 Å². The highest BCUT2D eigenvalue weighted by Gasteiger charge is 2.90. The smallest absolute Gasteiger partial charge is 0.0620 e. The van der Waals surface area contributed by atoms with Gasteiger partial charge in [0.05, 0.1) is 28.1 Å². The van der Waals surface area contributed by atoms with Crippen molar-refractivity contribution in [3.63, 3.8) is 0 Å². The molecule has 2 spiro atoms. The molecule has 2 nitrogen and oxygen atoms in total. The number of fused-ring (bicyclic) bond motifs is 11. The molecule has 0 saturated heterocycles. The van der Waals surface area contributed by atoms with Crippen molar-refractivity contribution in [2.24, 2.45) is 29.1 Å². The number of anilines is 3. The summed E-state index contributed by atoms with van der Waals surface area (Å²) in [6, 6.07) is 92.9. The minimum Gasteiger partial charge on any atom is -0.309 e. The molecule has 5 aliphatic carbocycles. The predicted molar refractivity (Wildman–Crippen MR) is 349 cm³/mol. The van der Waals surface area contributed by atoms with E-state index in [0.717, 1.165) is 52.0 Å². The molecular weight excluding hydrogens is 1000 g/mol. The van der Waals surface area contributed by atoms with Crippen molar-refractivity contribution in [1.82, 2.24) is 4.57 Å². The monoisotopic (exact) mass is 1070 g/mol. The van der Waals surface area contributed by atoms with Crippen LogP contribution in [-0.4, -0.2) is 4.57 Å². The van der Waals surface area contributed by atoms with Crippen LogP contribution in [0.15, 0.2) is 243 Å². The van der Waals surface area contributed by atoms with E-state index in [1.54, 1.807) is 11.1 Å². The van der Waals surface area contributed by atoms with E-state index < -0.39 is 0 Å². The number of hydrogen-bond acceptors (Lipinski definition) is 1. The van der Waals surface area contributed by atoms with Crippen LogP contribution in [0.5, 0.6) is 0 Å². The fraction of sp³-hybridized carbons (Fsp3) is 0.210. The molecule has 1 aromatic heterocycles. The molecule has 0 radical (unpaired) electrons. The van der Waals surface area contributed by atoms with E-state index >= 15 is 0 Å². The van der Waals surface area contributed by atoms with Gasteiger partial charge in [-0.25, -0.2) is 0 Å². The minimum atomic E-state index is -0.0301. The molecule has 4 saturated carbocycles. The van der Waals surface area contributed by atoms with E-state index in [1.807, 2.05) is 0 Å². The van der Waals surface area contributed by atoms with Gasteiger partial charge in [0.1, 0.15) is 0 Å². The molecule has 4 unspecified atom stereocenters. The molecule has 0 amide bonds. The Hall–Kier alpha value is -8.72. The molecule has 0 bridgehead atoms. The first kappa shape index (κ1) is 48.9. The Bertz CT molecular complexity index is 4610. The van der Waals surface area contributed by atoms with E-state index in [9.17, 15) is 0 Å². The number of benzene rings is 11. The summed E-state index contributed by atoms with van der Waals surface area (Å²) in [5, 5.41) is 4.97. The number of para-hydroxylation sites is 6. The van der Waals surface area contributed by atoms with Crippen LogP contribution >= 0.6 is 0 Å². The topological polar surface area (TPSA) is 8.17 Å². The Labute approximate surface area is 488 Å². The maximum Gasteiger partial charge on any atom is 0.0620 e. The van der Waals surface area contributed by atoms with Gasteiger partial charge in [-0.2, -0.15) is 0 Å². The van der Waals surface area contributed by atoms with Gasteiger partial charge in [0, 0.05) is 44.1 Å². The molecule has 1 heterocycles. The number of nitrogens with zero attached hydrogens (tertiary/aromatic N) is 2. The molecule has 402 valence electrons. The van der Waals surface area contributed by atoms with Gasteiger partial charge in [-0.3, -0.25) is 0 Å². The second kappa shape index (κ2) is 17.4. The first-order valence-corrected chi connectivity index (χ1v) is 30.5. The zero-order valence-electron chi connectivity index (χ0n) is 48.4. The molecule has 0 aliphatic heterocycles. The molecule has 17 rings (SSSR count). The average Bonchev–Trinajstić information content (AvgIpc) is 1.56. The Morgan fingerprint density at radius 3 is 1.58 bits per heavy atom. The van der Waals surface area contributed by atoms with Crippen LogP contribution in [0.3, 0.4) is 0 Å². The Morgan fingerprint density at radius 2 is 0.904 bits per heavy atom. The zero-order valence-corrected chi connectivity index (χ0v) is 48.4. The molecular formula is C81H68N2. The summed E-state index contributed by atoms with van der Waals surface area (Å²) in [7, 11) is 0. The lowest BCUT2D eigenvalue weighted by molar-refractivity contribution is -0.412. The van der Waals surface area contributed by atoms with Crippen LogP contribution < -0.4 is 4.90 Å². The van der Waals surface area contributed by atoms with Crippen molar-refractivity contribution in [1.29, 1.82) is 0 Å². The fourth-order valence-electron chi connectivity index (χ4n) is 17.8. The van der Waals surface area contributed by atoms with E-state index in [0.29, 0.717) is 5.41 Å². The van der Waals surface area contributed by atoms with Gasteiger partial charge in [0.2, 0.25) is 0 Å². The first-order chi connectivity index (χ1) is 40.4. The van der Waals surface area contributed by atoms with Gasteiger partial charge >= 0.3 is 0 Å². The third kappa shape index (κ3) is 6.61. The molecule has 5 aliphatic rings. The maximum atomic E-state index is 2.67. The molecule has 0 N–H and O–H groups in total. The Morgan fingerprint density at radius 1 is 0.386 bits per heavy atom. The summed E-state index contributed by atoms with van der Waals surface area (Å²) < 4.78 is 2.49. The van der Waals surface area contributed by atoms with Crippen molar-refractivity contribution < 1.29 is 0 Å². The number of aromatic nitrogens is 1. The predicted octanol–water partition coefficient (Wildman–Crippen LogP) is 21.6. The van der Waals surface area contributed by atoms with Crippen LogP contribution in [0.1, 0.15) is 83.1 Å². The van der Waals surface area contributed by atoms with E-state index in [1.165, 1.54) is 113 Å². The van der Waals surface area contributed by atoms with Gasteiger partial charge < -0.3 is 9.47 Å². The quantitative estimate of drug-likeness (QED) is 0.147. The minimum absolute atomic E-state index is 0.0301. The second-order valence-electron chi connectivity index (χ2n) is 27.2. The second-order valence-corrected chi connectivity index (χ2v) is 27.2.